The summed E-state index contributed by atoms with van der Waals surface area (Å²) in [5, 5.41) is 9.71. The monoisotopic (exact) mass is 327 g/mol. The highest BCUT2D eigenvalue weighted by atomic mass is 16.5. The first-order chi connectivity index (χ1) is 11.7. The highest BCUT2D eigenvalue weighted by molar-refractivity contribution is 5.76. The summed E-state index contributed by atoms with van der Waals surface area (Å²) in [6.07, 6.45) is 6.28. The van der Waals surface area contributed by atoms with Crippen LogP contribution in [0.3, 0.4) is 0 Å². The number of fused-ring (bicyclic) bond motifs is 1. The summed E-state index contributed by atoms with van der Waals surface area (Å²) in [7, 11) is 0. The number of carboxylic acids is 1. The van der Waals surface area contributed by atoms with Crippen molar-refractivity contribution in [2.75, 3.05) is 26.3 Å². The zero-order valence-corrected chi connectivity index (χ0v) is 13.5. The molecule has 6 heteroatoms. The van der Waals surface area contributed by atoms with Crippen LogP contribution in [-0.2, 0) is 16.1 Å². The molecule has 2 aliphatic rings. The van der Waals surface area contributed by atoms with Gasteiger partial charge in [-0.2, -0.15) is 0 Å². The fraction of sp³-hybridized carbons (Fsp3) is 0.444. The molecule has 1 N–H and O–H groups in total. The second-order valence-corrected chi connectivity index (χ2v) is 6.81. The number of aliphatic carboxylic acids is 1. The van der Waals surface area contributed by atoms with Gasteiger partial charge < -0.3 is 14.4 Å². The Kier molecular flexibility index (Phi) is 3.86. The fourth-order valence-electron chi connectivity index (χ4n) is 3.96. The van der Waals surface area contributed by atoms with Crippen molar-refractivity contribution < 1.29 is 14.6 Å². The molecule has 3 heterocycles. The molecule has 0 unspecified atom stereocenters. The molecule has 1 aromatic heterocycles. The van der Waals surface area contributed by atoms with E-state index in [1.54, 1.807) is 12.5 Å². The minimum Gasteiger partial charge on any atom is -0.481 e. The first-order valence-corrected chi connectivity index (χ1v) is 8.28. The Hall–Kier alpha value is -2.18. The molecule has 0 amide bonds. The first kappa shape index (κ1) is 15.4. The Bertz CT molecular complexity index is 714. The van der Waals surface area contributed by atoms with Crippen LogP contribution in [0.15, 0.2) is 43.0 Å². The van der Waals surface area contributed by atoms with Crippen molar-refractivity contribution in [1.29, 1.82) is 0 Å². The van der Waals surface area contributed by atoms with Gasteiger partial charge in [0, 0.05) is 44.3 Å². The molecule has 24 heavy (non-hydrogen) atoms. The van der Waals surface area contributed by atoms with Crippen LogP contribution in [0.25, 0.3) is 5.69 Å². The third kappa shape index (κ3) is 2.61. The number of nitrogens with zero attached hydrogens (tertiary/aromatic N) is 3. The smallest absolute Gasteiger partial charge is 0.313 e. The van der Waals surface area contributed by atoms with Gasteiger partial charge in [0.25, 0.3) is 0 Å². The van der Waals surface area contributed by atoms with Gasteiger partial charge in [-0.15, -0.1) is 0 Å². The van der Waals surface area contributed by atoms with E-state index in [1.165, 1.54) is 5.56 Å². The number of benzene rings is 1. The molecule has 126 valence electrons. The second-order valence-electron chi connectivity index (χ2n) is 6.81. The van der Waals surface area contributed by atoms with Crippen LogP contribution in [0.1, 0.15) is 12.0 Å². The second kappa shape index (κ2) is 6.03. The zero-order chi connectivity index (χ0) is 16.6. The molecule has 0 aliphatic carbocycles. The SMILES string of the molecule is O=C(O)[C@]12COCC[C@H]1CN(Cc1ccc(-n3ccnc3)cc1)C2. The number of rotatable bonds is 4. The van der Waals surface area contributed by atoms with Gasteiger partial charge in [0.05, 0.1) is 12.9 Å². The quantitative estimate of drug-likeness (QED) is 0.927. The number of carbonyl (C=O) groups is 1. The Labute approximate surface area is 140 Å². The number of hydrogen-bond donors (Lipinski definition) is 1. The highest BCUT2D eigenvalue weighted by Crippen LogP contribution is 2.42. The van der Waals surface area contributed by atoms with E-state index >= 15 is 0 Å². The molecule has 0 radical (unpaired) electrons. The predicted molar refractivity (Wildman–Crippen MR) is 87.8 cm³/mol. The van der Waals surface area contributed by atoms with Crippen molar-refractivity contribution in [3.05, 3.63) is 48.5 Å². The van der Waals surface area contributed by atoms with E-state index in [0.717, 1.165) is 25.2 Å². The summed E-state index contributed by atoms with van der Waals surface area (Å²) in [5.41, 5.74) is 1.54. The third-order valence-corrected chi connectivity index (χ3v) is 5.31. The maximum atomic E-state index is 11.8. The summed E-state index contributed by atoms with van der Waals surface area (Å²) in [4.78, 5) is 18.1. The van der Waals surface area contributed by atoms with E-state index in [2.05, 4.69) is 34.1 Å². The van der Waals surface area contributed by atoms with E-state index in [1.807, 2.05) is 10.8 Å². The van der Waals surface area contributed by atoms with Crippen LogP contribution in [0.5, 0.6) is 0 Å². The summed E-state index contributed by atoms with van der Waals surface area (Å²) >= 11 is 0. The van der Waals surface area contributed by atoms with Gasteiger partial charge in [-0.25, -0.2) is 4.98 Å². The summed E-state index contributed by atoms with van der Waals surface area (Å²) in [6.45, 7) is 3.18. The summed E-state index contributed by atoms with van der Waals surface area (Å²) < 4.78 is 7.45. The fourth-order valence-corrected chi connectivity index (χ4v) is 3.96. The molecule has 0 spiro atoms. The van der Waals surface area contributed by atoms with Crippen molar-refractivity contribution in [2.24, 2.45) is 11.3 Å². The van der Waals surface area contributed by atoms with Crippen LogP contribution < -0.4 is 0 Å². The molecule has 2 fully saturated rings. The molecule has 0 bridgehead atoms. The number of aromatic nitrogens is 2. The largest absolute Gasteiger partial charge is 0.481 e. The molecule has 2 saturated heterocycles. The Morgan fingerprint density at radius 3 is 2.88 bits per heavy atom. The number of carboxylic acid groups (broad SMARTS) is 1. The lowest BCUT2D eigenvalue weighted by atomic mass is 9.76. The maximum absolute atomic E-state index is 11.8. The van der Waals surface area contributed by atoms with Gasteiger partial charge in [0.1, 0.15) is 5.41 Å². The molecular weight excluding hydrogens is 306 g/mol. The highest BCUT2D eigenvalue weighted by Gasteiger charge is 2.53. The van der Waals surface area contributed by atoms with Crippen molar-refractivity contribution in [3.8, 4) is 5.69 Å². The molecule has 2 aromatic rings. The molecule has 2 aliphatic heterocycles. The van der Waals surface area contributed by atoms with E-state index in [9.17, 15) is 9.90 Å². The van der Waals surface area contributed by atoms with E-state index in [-0.39, 0.29) is 5.92 Å². The topological polar surface area (TPSA) is 67.6 Å². The third-order valence-electron chi connectivity index (χ3n) is 5.31. The first-order valence-electron chi connectivity index (χ1n) is 8.28. The van der Waals surface area contributed by atoms with Gasteiger partial charge in [0.15, 0.2) is 0 Å². The minimum atomic E-state index is -0.727. The van der Waals surface area contributed by atoms with Crippen molar-refractivity contribution in [2.45, 2.75) is 13.0 Å². The Morgan fingerprint density at radius 1 is 1.38 bits per heavy atom. The minimum absolute atomic E-state index is 0.189. The van der Waals surface area contributed by atoms with Gasteiger partial charge in [-0.1, -0.05) is 12.1 Å². The molecular formula is C18H21N3O3. The summed E-state index contributed by atoms with van der Waals surface area (Å²) in [5.74, 6) is -0.529. The Morgan fingerprint density at radius 2 is 2.21 bits per heavy atom. The lowest BCUT2D eigenvalue weighted by Crippen LogP contribution is -2.46. The predicted octanol–water partition coefficient (Wildman–Crippen LogP) is 1.80. The van der Waals surface area contributed by atoms with Crippen LogP contribution in [0.4, 0.5) is 0 Å². The lowest BCUT2D eigenvalue weighted by molar-refractivity contribution is -0.159. The van der Waals surface area contributed by atoms with E-state index in [4.69, 9.17) is 4.74 Å². The van der Waals surface area contributed by atoms with Crippen LogP contribution >= 0.6 is 0 Å². The molecule has 4 rings (SSSR count). The van der Waals surface area contributed by atoms with Crippen LogP contribution in [0.2, 0.25) is 0 Å². The maximum Gasteiger partial charge on any atom is 0.313 e. The molecule has 1 aromatic carbocycles. The van der Waals surface area contributed by atoms with Crippen molar-refractivity contribution >= 4 is 5.97 Å². The number of likely N-dealkylation sites (tertiary alicyclic amines) is 1. The molecule has 2 atom stereocenters. The number of imidazole rings is 1. The van der Waals surface area contributed by atoms with Crippen molar-refractivity contribution in [3.63, 3.8) is 0 Å². The normalized spacial score (nSPS) is 27.1. The molecule has 6 nitrogen and oxygen atoms in total. The van der Waals surface area contributed by atoms with Gasteiger partial charge in [0.2, 0.25) is 0 Å². The van der Waals surface area contributed by atoms with Gasteiger partial charge in [-0.05, 0) is 30.0 Å². The van der Waals surface area contributed by atoms with Gasteiger partial charge in [-0.3, -0.25) is 9.69 Å². The molecule has 0 saturated carbocycles. The Balaban J connectivity index is 1.47. The zero-order valence-electron chi connectivity index (χ0n) is 13.5. The van der Waals surface area contributed by atoms with Crippen molar-refractivity contribution in [1.82, 2.24) is 14.5 Å². The number of ether oxygens (including phenoxy) is 1. The number of hydrogen-bond acceptors (Lipinski definition) is 4. The van der Waals surface area contributed by atoms with E-state index < -0.39 is 11.4 Å². The standard InChI is InChI=1S/C18H21N3O3/c22-17(23)18-11-20(10-15(18)5-8-24-12-18)9-14-1-3-16(4-2-14)21-7-6-19-13-21/h1-4,6-7,13,15H,5,8-12H2,(H,22,23)/t15-,18+/m0/s1. The average Bonchev–Trinajstić information content (AvgIpc) is 3.23. The summed E-state index contributed by atoms with van der Waals surface area (Å²) in [6, 6.07) is 8.33. The van der Waals surface area contributed by atoms with Gasteiger partial charge >= 0.3 is 5.97 Å². The average molecular weight is 327 g/mol. The van der Waals surface area contributed by atoms with Crippen LogP contribution in [-0.4, -0.2) is 51.8 Å². The van der Waals surface area contributed by atoms with E-state index in [0.29, 0.717) is 19.8 Å². The van der Waals surface area contributed by atoms with Crippen LogP contribution in [0, 0.1) is 11.3 Å². The lowest BCUT2D eigenvalue weighted by Gasteiger charge is -2.34.